The first kappa shape index (κ1) is 14.5. The third kappa shape index (κ3) is 3.79. The number of hydrogen-bond acceptors (Lipinski definition) is 5. The predicted octanol–water partition coefficient (Wildman–Crippen LogP) is 3.00. The summed E-state index contributed by atoms with van der Waals surface area (Å²) >= 11 is 1.21. The zero-order valence-electron chi connectivity index (χ0n) is 11.2. The first-order valence-corrected chi connectivity index (χ1v) is 7.08. The van der Waals surface area contributed by atoms with Crippen LogP contribution in [0.5, 0.6) is 5.75 Å². The Kier molecular flexibility index (Phi) is 5.09. The predicted molar refractivity (Wildman–Crippen MR) is 79.4 cm³/mol. The number of nitro groups is 1. The molecule has 2 rings (SSSR count). The molecule has 0 unspecified atom stereocenters. The molecule has 2 aromatic rings. The molecular weight excluding hydrogens is 276 g/mol. The van der Waals surface area contributed by atoms with Gasteiger partial charge in [-0.05, 0) is 30.7 Å². The molecule has 1 heterocycles. The van der Waals surface area contributed by atoms with Gasteiger partial charge in [0.05, 0.1) is 12.0 Å². The van der Waals surface area contributed by atoms with E-state index in [9.17, 15) is 10.1 Å². The number of hydrogen-bond donors (Lipinski definition) is 1. The summed E-state index contributed by atoms with van der Waals surface area (Å²) in [7, 11) is 1.66. The van der Waals surface area contributed by atoms with Crippen LogP contribution in [0.4, 0.5) is 5.00 Å². The molecule has 0 aliphatic heterocycles. The van der Waals surface area contributed by atoms with E-state index in [4.69, 9.17) is 4.74 Å². The second-order valence-electron chi connectivity index (χ2n) is 4.24. The smallest absolute Gasteiger partial charge is 0.324 e. The molecule has 0 spiro atoms. The third-order valence-electron chi connectivity index (χ3n) is 2.89. The van der Waals surface area contributed by atoms with Gasteiger partial charge in [0.15, 0.2) is 0 Å². The fourth-order valence-corrected chi connectivity index (χ4v) is 2.69. The monoisotopic (exact) mass is 292 g/mol. The number of benzene rings is 1. The quantitative estimate of drug-likeness (QED) is 0.484. The molecule has 0 amide bonds. The van der Waals surface area contributed by atoms with Crippen molar-refractivity contribution in [3.05, 3.63) is 57.0 Å². The molecule has 20 heavy (non-hydrogen) atoms. The highest BCUT2D eigenvalue weighted by atomic mass is 32.1. The summed E-state index contributed by atoms with van der Waals surface area (Å²) in [5.41, 5.74) is 1.15. The van der Waals surface area contributed by atoms with Gasteiger partial charge in [0.1, 0.15) is 5.75 Å². The van der Waals surface area contributed by atoms with Crippen LogP contribution in [0.1, 0.15) is 10.4 Å². The van der Waals surface area contributed by atoms with Crippen molar-refractivity contribution in [2.75, 3.05) is 13.7 Å². The zero-order chi connectivity index (χ0) is 14.4. The fraction of sp³-hybridized carbons (Fsp3) is 0.286. The van der Waals surface area contributed by atoms with Crippen molar-refractivity contribution >= 4 is 16.3 Å². The van der Waals surface area contributed by atoms with E-state index in [0.29, 0.717) is 6.54 Å². The van der Waals surface area contributed by atoms with Crippen molar-refractivity contribution in [3.63, 3.8) is 0 Å². The summed E-state index contributed by atoms with van der Waals surface area (Å²) in [6, 6.07) is 11.2. The van der Waals surface area contributed by atoms with Crippen molar-refractivity contribution in [1.29, 1.82) is 0 Å². The minimum absolute atomic E-state index is 0.187. The Labute approximate surface area is 121 Å². The van der Waals surface area contributed by atoms with Crippen molar-refractivity contribution in [2.24, 2.45) is 0 Å². The molecule has 0 fully saturated rings. The Morgan fingerprint density at radius 3 is 2.80 bits per heavy atom. The largest absolute Gasteiger partial charge is 0.496 e. The van der Waals surface area contributed by atoms with Crippen LogP contribution in [0, 0.1) is 10.1 Å². The normalized spacial score (nSPS) is 10.4. The molecule has 0 atom stereocenters. The molecule has 6 heteroatoms. The van der Waals surface area contributed by atoms with Gasteiger partial charge in [-0.3, -0.25) is 10.1 Å². The molecule has 1 aromatic carbocycles. The van der Waals surface area contributed by atoms with Crippen LogP contribution in [-0.2, 0) is 13.0 Å². The minimum Gasteiger partial charge on any atom is -0.496 e. The van der Waals surface area contributed by atoms with Crippen molar-refractivity contribution in [3.8, 4) is 5.75 Å². The minimum atomic E-state index is -0.358. The van der Waals surface area contributed by atoms with E-state index in [1.165, 1.54) is 11.3 Å². The van der Waals surface area contributed by atoms with E-state index in [2.05, 4.69) is 5.32 Å². The number of nitrogens with one attached hydrogen (secondary N) is 1. The maximum Gasteiger partial charge on any atom is 0.324 e. The standard InChI is InChI=1S/C14H16N2O3S/c1-19-13-5-3-2-4-11(13)8-9-15-10-12-6-7-14(20-12)16(17)18/h2-7,15H,8-10H2,1H3. The second-order valence-corrected chi connectivity index (χ2v) is 5.38. The first-order chi connectivity index (χ1) is 9.70. The summed E-state index contributed by atoms with van der Waals surface area (Å²) < 4.78 is 5.29. The summed E-state index contributed by atoms with van der Waals surface area (Å²) in [6.07, 6.45) is 0.859. The number of rotatable bonds is 7. The zero-order valence-corrected chi connectivity index (χ0v) is 12.0. The average molecular weight is 292 g/mol. The third-order valence-corrected chi connectivity index (χ3v) is 3.93. The molecule has 0 saturated carbocycles. The van der Waals surface area contributed by atoms with Crippen LogP contribution in [0.25, 0.3) is 0 Å². The lowest BCUT2D eigenvalue weighted by Gasteiger charge is -2.08. The van der Waals surface area contributed by atoms with E-state index in [1.807, 2.05) is 24.3 Å². The van der Waals surface area contributed by atoms with E-state index in [1.54, 1.807) is 19.2 Å². The Bertz CT molecular complexity index is 583. The van der Waals surface area contributed by atoms with E-state index >= 15 is 0 Å². The summed E-state index contributed by atoms with van der Waals surface area (Å²) in [4.78, 5) is 11.2. The highest BCUT2D eigenvalue weighted by Gasteiger charge is 2.09. The maximum atomic E-state index is 10.6. The van der Waals surface area contributed by atoms with Gasteiger partial charge in [0.2, 0.25) is 0 Å². The van der Waals surface area contributed by atoms with Crippen molar-refractivity contribution < 1.29 is 9.66 Å². The van der Waals surface area contributed by atoms with E-state index in [0.717, 1.165) is 29.2 Å². The number of methoxy groups -OCH3 is 1. The summed E-state index contributed by atoms with van der Waals surface area (Å²) in [6.45, 7) is 1.44. The molecule has 5 nitrogen and oxygen atoms in total. The van der Waals surface area contributed by atoms with E-state index in [-0.39, 0.29) is 9.92 Å². The molecule has 1 aromatic heterocycles. The van der Waals surface area contributed by atoms with Gasteiger partial charge in [-0.25, -0.2) is 0 Å². The number of ether oxygens (including phenoxy) is 1. The Morgan fingerprint density at radius 1 is 1.30 bits per heavy atom. The highest BCUT2D eigenvalue weighted by molar-refractivity contribution is 7.15. The van der Waals surface area contributed by atoms with Gasteiger partial charge in [0.25, 0.3) is 0 Å². The van der Waals surface area contributed by atoms with Crippen LogP contribution in [0.3, 0.4) is 0 Å². The Hall–Kier alpha value is -1.92. The van der Waals surface area contributed by atoms with Crippen LogP contribution >= 0.6 is 11.3 Å². The van der Waals surface area contributed by atoms with Gasteiger partial charge < -0.3 is 10.1 Å². The average Bonchev–Trinajstić information content (AvgIpc) is 2.93. The Morgan fingerprint density at radius 2 is 2.10 bits per heavy atom. The molecule has 1 N–H and O–H groups in total. The molecular formula is C14H16N2O3S. The maximum absolute atomic E-state index is 10.6. The van der Waals surface area contributed by atoms with E-state index < -0.39 is 0 Å². The van der Waals surface area contributed by atoms with Crippen LogP contribution in [0.15, 0.2) is 36.4 Å². The van der Waals surface area contributed by atoms with Gasteiger partial charge in [-0.2, -0.15) is 0 Å². The van der Waals surface area contributed by atoms with Gasteiger partial charge in [-0.15, -0.1) is 0 Å². The van der Waals surface area contributed by atoms with Gasteiger partial charge in [0, 0.05) is 17.5 Å². The molecule has 106 valence electrons. The molecule has 0 saturated heterocycles. The van der Waals surface area contributed by atoms with Crippen LogP contribution in [0.2, 0.25) is 0 Å². The number of para-hydroxylation sites is 1. The van der Waals surface area contributed by atoms with Crippen molar-refractivity contribution in [2.45, 2.75) is 13.0 Å². The lowest BCUT2D eigenvalue weighted by atomic mass is 10.1. The first-order valence-electron chi connectivity index (χ1n) is 6.26. The Balaban J connectivity index is 1.80. The molecule has 0 aliphatic carbocycles. The summed E-state index contributed by atoms with van der Waals surface area (Å²) in [5, 5.41) is 14.1. The second kappa shape index (κ2) is 7.02. The lowest BCUT2D eigenvalue weighted by molar-refractivity contribution is -0.380. The van der Waals surface area contributed by atoms with Crippen LogP contribution in [-0.4, -0.2) is 18.6 Å². The van der Waals surface area contributed by atoms with Gasteiger partial charge >= 0.3 is 5.00 Å². The lowest BCUT2D eigenvalue weighted by Crippen LogP contribution is -2.16. The topological polar surface area (TPSA) is 64.4 Å². The van der Waals surface area contributed by atoms with Crippen molar-refractivity contribution in [1.82, 2.24) is 5.32 Å². The fourth-order valence-electron chi connectivity index (χ4n) is 1.90. The number of nitrogens with zero attached hydrogens (tertiary/aromatic N) is 1. The SMILES string of the molecule is COc1ccccc1CCNCc1ccc([N+](=O)[O-])s1. The number of thiophene rings is 1. The van der Waals surface area contributed by atoms with Crippen LogP contribution < -0.4 is 10.1 Å². The summed E-state index contributed by atoms with van der Waals surface area (Å²) in [5.74, 6) is 0.890. The molecule has 0 radical (unpaired) electrons. The molecule has 0 aliphatic rings. The highest BCUT2D eigenvalue weighted by Crippen LogP contribution is 2.23. The van der Waals surface area contributed by atoms with Gasteiger partial charge in [-0.1, -0.05) is 29.5 Å². The molecule has 0 bridgehead atoms.